The molecule has 0 spiro atoms. The van der Waals surface area contributed by atoms with Gasteiger partial charge in [-0.05, 0) is 107 Å². The van der Waals surface area contributed by atoms with E-state index in [1.54, 1.807) is 0 Å². The van der Waals surface area contributed by atoms with Crippen LogP contribution in [0.3, 0.4) is 0 Å². The summed E-state index contributed by atoms with van der Waals surface area (Å²) in [5.74, 6) is 0. The van der Waals surface area contributed by atoms with Crippen LogP contribution in [0.5, 0.6) is 0 Å². The van der Waals surface area contributed by atoms with Gasteiger partial charge in [-0.2, -0.15) is 0 Å². The van der Waals surface area contributed by atoms with Crippen LogP contribution in [-0.4, -0.2) is 0 Å². The summed E-state index contributed by atoms with van der Waals surface area (Å²) in [6.07, 6.45) is 0. The fourth-order valence-corrected chi connectivity index (χ4v) is 10.3. The molecule has 0 amide bonds. The van der Waals surface area contributed by atoms with Crippen LogP contribution in [0.1, 0.15) is 0 Å². The molecular weight excluding hydrogens is 773 g/mol. The first-order valence-electron chi connectivity index (χ1n) is 21.0. The molecule has 0 saturated carbocycles. The second kappa shape index (κ2) is 15.0. The van der Waals surface area contributed by atoms with Crippen LogP contribution in [0.25, 0.3) is 75.1 Å². The molecule has 0 aliphatic rings. The first kappa shape index (κ1) is 36.0. The number of furan rings is 1. The zero-order chi connectivity index (χ0) is 41.0. The number of benzene rings is 10. The Kier molecular flexibility index (Phi) is 8.68. The summed E-state index contributed by atoms with van der Waals surface area (Å²) in [6, 6.07) is 82.9. The molecule has 0 aliphatic carbocycles. The van der Waals surface area contributed by atoms with E-state index in [0.29, 0.717) is 0 Å². The minimum absolute atomic E-state index is 0.901. The van der Waals surface area contributed by atoms with Crippen LogP contribution in [0, 0.1) is 0 Å². The molecule has 0 aliphatic heterocycles. The van der Waals surface area contributed by atoms with Crippen molar-refractivity contribution >= 4 is 98.3 Å². The zero-order valence-corrected chi connectivity index (χ0v) is 34.5. The fraction of sp³-hybridized carbons (Fsp3) is 0. The number of fused-ring (bicyclic) bond motifs is 7. The van der Waals surface area contributed by atoms with E-state index < -0.39 is 0 Å². The molecule has 0 unspecified atom stereocenters. The molecule has 12 rings (SSSR count). The minimum Gasteiger partial charge on any atom is -0.456 e. The average Bonchev–Trinajstić information content (AvgIpc) is 3.91. The Labute approximate surface area is 363 Å². The molecule has 12 aromatic rings. The van der Waals surface area contributed by atoms with Crippen LogP contribution in [0.4, 0.5) is 34.1 Å². The van der Waals surface area contributed by atoms with Gasteiger partial charge < -0.3 is 14.2 Å². The lowest BCUT2D eigenvalue weighted by Gasteiger charge is -2.27. The third-order valence-corrected chi connectivity index (χ3v) is 13.2. The topological polar surface area (TPSA) is 19.6 Å². The predicted molar refractivity (Wildman–Crippen MR) is 264 cm³/mol. The summed E-state index contributed by atoms with van der Waals surface area (Å²) in [6.45, 7) is 0. The Morgan fingerprint density at radius 2 is 0.823 bits per heavy atom. The van der Waals surface area contributed by atoms with Crippen LogP contribution in [-0.2, 0) is 0 Å². The molecule has 292 valence electrons. The molecule has 0 fully saturated rings. The van der Waals surface area contributed by atoms with E-state index in [0.717, 1.165) is 67.2 Å². The lowest BCUT2D eigenvalue weighted by Crippen LogP contribution is -2.10. The van der Waals surface area contributed by atoms with Crippen LogP contribution < -0.4 is 9.80 Å². The second-order valence-corrected chi connectivity index (χ2v) is 16.8. The molecule has 0 saturated heterocycles. The maximum absolute atomic E-state index is 6.26. The lowest BCUT2D eigenvalue weighted by atomic mass is 10.0. The molecule has 0 N–H and O–H groups in total. The van der Waals surface area contributed by atoms with Crippen molar-refractivity contribution < 1.29 is 4.42 Å². The summed E-state index contributed by atoms with van der Waals surface area (Å²) in [7, 11) is 0. The standard InChI is InChI=1S/C58H38N2OS/c1-3-13-39(14-4-1)40-25-30-45(31-26-40)59(44-17-5-2-6-18-44)54-23-12-21-52-51-36-34-47(38-57(51)62-58(52)54)60(53-22-11-16-42-15-7-8-19-48(42)53)46-32-27-41(28-33-46)43-29-35-50-49-20-9-10-24-55(49)61-56(50)37-43/h1-38H. The summed E-state index contributed by atoms with van der Waals surface area (Å²) in [4.78, 5) is 4.80. The van der Waals surface area contributed by atoms with E-state index in [1.807, 2.05) is 23.5 Å². The van der Waals surface area contributed by atoms with E-state index in [4.69, 9.17) is 4.42 Å². The van der Waals surface area contributed by atoms with Crippen molar-refractivity contribution in [1.82, 2.24) is 0 Å². The van der Waals surface area contributed by atoms with E-state index in [2.05, 4.69) is 228 Å². The first-order valence-corrected chi connectivity index (χ1v) is 21.8. The summed E-state index contributed by atoms with van der Waals surface area (Å²) < 4.78 is 8.75. The Balaban J connectivity index is 0.973. The van der Waals surface area contributed by atoms with Crippen molar-refractivity contribution in [2.75, 3.05) is 9.80 Å². The highest BCUT2D eigenvalue weighted by molar-refractivity contribution is 7.26. The highest BCUT2D eigenvalue weighted by Crippen LogP contribution is 2.47. The van der Waals surface area contributed by atoms with Gasteiger partial charge in [-0.15, -0.1) is 11.3 Å². The summed E-state index contributed by atoms with van der Waals surface area (Å²) >= 11 is 1.86. The van der Waals surface area contributed by atoms with Crippen molar-refractivity contribution in [3.05, 3.63) is 231 Å². The first-order chi connectivity index (χ1) is 30.7. The molecule has 2 heterocycles. The number of hydrogen-bond acceptors (Lipinski definition) is 4. The molecule has 10 aromatic carbocycles. The van der Waals surface area contributed by atoms with Crippen molar-refractivity contribution in [2.24, 2.45) is 0 Å². The van der Waals surface area contributed by atoms with E-state index in [9.17, 15) is 0 Å². The lowest BCUT2D eigenvalue weighted by molar-refractivity contribution is 0.669. The average molecular weight is 811 g/mol. The van der Waals surface area contributed by atoms with Crippen molar-refractivity contribution in [3.63, 3.8) is 0 Å². The molecule has 0 radical (unpaired) electrons. The molecule has 0 atom stereocenters. The number of hydrogen-bond donors (Lipinski definition) is 0. The summed E-state index contributed by atoms with van der Waals surface area (Å²) in [5.41, 5.74) is 13.2. The Morgan fingerprint density at radius 1 is 0.306 bits per heavy atom. The van der Waals surface area contributed by atoms with E-state index >= 15 is 0 Å². The van der Waals surface area contributed by atoms with Gasteiger partial charge in [0.2, 0.25) is 0 Å². The van der Waals surface area contributed by atoms with E-state index in [-0.39, 0.29) is 0 Å². The van der Waals surface area contributed by atoms with Crippen molar-refractivity contribution in [3.8, 4) is 22.3 Å². The number of para-hydroxylation sites is 2. The minimum atomic E-state index is 0.901. The van der Waals surface area contributed by atoms with Gasteiger partial charge in [0, 0.05) is 54.4 Å². The monoisotopic (exact) mass is 810 g/mol. The molecule has 4 heteroatoms. The largest absolute Gasteiger partial charge is 0.456 e. The Bertz CT molecular complexity index is 3570. The van der Waals surface area contributed by atoms with Gasteiger partial charge in [-0.3, -0.25) is 0 Å². The van der Waals surface area contributed by atoms with Crippen molar-refractivity contribution in [1.29, 1.82) is 0 Å². The second-order valence-electron chi connectivity index (χ2n) is 15.7. The van der Waals surface area contributed by atoms with Gasteiger partial charge in [0.1, 0.15) is 11.2 Å². The van der Waals surface area contributed by atoms with Gasteiger partial charge in [-0.1, -0.05) is 152 Å². The molecule has 0 bridgehead atoms. The zero-order valence-electron chi connectivity index (χ0n) is 33.7. The summed E-state index contributed by atoms with van der Waals surface area (Å²) in [5, 5.41) is 7.18. The maximum atomic E-state index is 6.26. The van der Waals surface area contributed by atoms with Gasteiger partial charge in [0.25, 0.3) is 0 Å². The normalized spacial score (nSPS) is 11.5. The number of rotatable bonds is 8. The van der Waals surface area contributed by atoms with Crippen LogP contribution in [0.15, 0.2) is 235 Å². The highest BCUT2D eigenvalue weighted by Gasteiger charge is 2.21. The third-order valence-electron chi connectivity index (χ3n) is 12.1. The Morgan fingerprint density at radius 3 is 1.61 bits per heavy atom. The molecular formula is C58H38N2OS. The molecule has 3 nitrogen and oxygen atoms in total. The third kappa shape index (κ3) is 6.20. The van der Waals surface area contributed by atoms with Gasteiger partial charge in [0.15, 0.2) is 0 Å². The fourth-order valence-electron chi connectivity index (χ4n) is 9.06. The quantitative estimate of drug-likeness (QED) is 0.152. The Hall–Kier alpha value is -7.92. The van der Waals surface area contributed by atoms with Gasteiger partial charge in [-0.25, -0.2) is 0 Å². The SMILES string of the molecule is c1ccc(-c2ccc(N(c3ccccc3)c3cccc4c3sc3cc(N(c5ccc(-c6ccc7c(c6)oc6ccccc67)cc5)c5cccc6ccccc56)ccc34)cc2)cc1. The number of anilines is 6. The number of nitrogens with zero attached hydrogens (tertiary/aromatic N) is 2. The molecule has 62 heavy (non-hydrogen) atoms. The highest BCUT2D eigenvalue weighted by atomic mass is 32.1. The van der Waals surface area contributed by atoms with Crippen molar-refractivity contribution in [2.45, 2.75) is 0 Å². The van der Waals surface area contributed by atoms with Gasteiger partial charge >= 0.3 is 0 Å². The predicted octanol–water partition coefficient (Wildman–Crippen LogP) is 17.4. The number of thiophene rings is 1. The van der Waals surface area contributed by atoms with Gasteiger partial charge in [0.05, 0.1) is 16.1 Å². The van der Waals surface area contributed by atoms with Crippen LogP contribution in [0.2, 0.25) is 0 Å². The smallest absolute Gasteiger partial charge is 0.136 e. The molecule has 2 aromatic heterocycles. The van der Waals surface area contributed by atoms with E-state index in [1.165, 1.54) is 42.1 Å². The maximum Gasteiger partial charge on any atom is 0.136 e. The van der Waals surface area contributed by atoms with Crippen LogP contribution >= 0.6 is 11.3 Å².